The van der Waals surface area contributed by atoms with E-state index in [1.54, 1.807) is 0 Å². The van der Waals surface area contributed by atoms with E-state index in [4.69, 9.17) is 0 Å². The van der Waals surface area contributed by atoms with Gasteiger partial charge in [-0.25, -0.2) is 0 Å². The summed E-state index contributed by atoms with van der Waals surface area (Å²) in [6, 6.07) is 0.253. The monoisotopic (exact) mass is 270 g/mol. The molecular weight excluding hydrogens is 240 g/mol. The van der Waals surface area contributed by atoms with Gasteiger partial charge < -0.3 is 10.4 Å². The minimum absolute atomic E-state index is 0.111. The number of carbonyl (C=O) groups is 1. The van der Waals surface area contributed by atoms with Gasteiger partial charge in [-0.3, -0.25) is 9.69 Å². The summed E-state index contributed by atoms with van der Waals surface area (Å²) in [7, 11) is 0. The number of hydrogen-bond donors (Lipinski definition) is 2. The highest BCUT2D eigenvalue weighted by Crippen LogP contribution is 2.16. The standard InChI is InChI=1S/C15H30N2O2/c1-11(2)5-6-13(4)16-15(19)10-17-8-7-14(18)12(3)9-17/h11-14,18H,5-10H2,1-4H3,(H,16,19). The molecular formula is C15H30N2O2. The zero-order valence-corrected chi connectivity index (χ0v) is 12.9. The van der Waals surface area contributed by atoms with Crippen LogP contribution in [0.15, 0.2) is 0 Å². The Morgan fingerprint density at radius 1 is 1.37 bits per heavy atom. The lowest BCUT2D eigenvalue weighted by Gasteiger charge is -2.34. The van der Waals surface area contributed by atoms with Crippen LogP contribution in [-0.4, -0.2) is 47.7 Å². The Labute approximate surface area is 117 Å². The van der Waals surface area contributed by atoms with Gasteiger partial charge in [0.05, 0.1) is 12.6 Å². The van der Waals surface area contributed by atoms with Crippen molar-refractivity contribution < 1.29 is 9.90 Å². The van der Waals surface area contributed by atoms with Crippen molar-refractivity contribution in [2.75, 3.05) is 19.6 Å². The Kier molecular flexibility index (Phi) is 6.80. The van der Waals surface area contributed by atoms with Crippen molar-refractivity contribution >= 4 is 5.91 Å². The largest absolute Gasteiger partial charge is 0.393 e. The van der Waals surface area contributed by atoms with Gasteiger partial charge in [-0.1, -0.05) is 20.8 Å². The van der Waals surface area contributed by atoms with Gasteiger partial charge >= 0.3 is 0 Å². The molecule has 1 amide bonds. The second-order valence-corrected chi connectivity index (χ2v) is 6.51. The van der Waals surface area contributed by atoms with E-state index in [-0.39, 0.29) is 24.0 Å². The molecule has 0 saturated carbocycles. The molecule has 0 aromatic rings. The normalized spacial score (nSPS) is 26.4. The van der Waals surface area contributed by atoms with Crippen LogP contribution < -0.4 is 5.32 Å². The molecule has 1 heterocycles. The summed E-state index contributed by atoms with van der Waals surface area (Å²) in [6.45, 7) is 10.6. The van der Waals surface area contributed by atoms with Gasteiger partial charge in [0.25, 0.3) is 0 Å². The molecule has 4 heteroatoms. The maximum Gasteiger partial charge on any atom is 0.234 e. The molecule has 1 aliphatic heterocycles. The summed E-state index contributed by atoms with van der Waals surface area (Å²) < 4.78 is 0. The lowest BCUT2D eigenvalue weighted by atomic mass is 9.97. The van der Waals surface area contributed by atoms with E-state index in [0.717, 1.165) is 32.4 Å². The van der Waals surface area contributed by atoms with Crippen molar-refractivity contribution in [3.8, 4) is 0 Å². The Bertz CT molecular complexity index is 281. The first-order chi connectivity index (χ1) is 8.88. The van der Waals surface area contributed by atoms with Crippen LogP contribution in [0, 0.1) is 11.8 Å². The van der Waals surface area contributed by atoms with Crippen molar-refractivity contribution in [2.45, 2.75) is 59.1 Å². The summed E-state index contributed by atoms with van der Waals surface area (Å²) in [6.07, 6.45) is 2.76. The second kappa shape index (κ2) is 7.85. The highest BCUT2D eigenvalue weighted by atomic mass is 16.3. The molecule has 1 fully saturated rings. The molecule has 0 aromatic carbocycles. The van der Waals surface area contributed by atoms with Gasteiger partial charge in [0.1, 0.15) is 0 Å². The molecule has 2 N–H and O–H groups in total. The fraction of sp³-hybridized carbons (Fsp3) is 0.933. The highest BCUT2D eigenvalue weighted by molar-refractivity contribution is 5.78. The van der Waals surface area contributed by atoms with Crippen LogP contribution in [0.3, 0.4) is 0 Å². The van der Waals surface area contributed by atoms with Crippen LogP contribution >= 0.6 is 0 Å². The molecule has 0 bridgehead atoms. The summed E-state index contributed by atoms with van der Waals surface area (Å²) >= 11 is 0. The van der Waals surface area contributed by atoms with E-state index >= 15 is 0 Å². The van der Waals surface area contributed by atoms with E-state index < -0.39 is 0 Å². The number of aliphatic hydroxyl groups excluding tert-OH is 1. The fourth-order valence-corrected chi connectivity index (χ4v) is 2.54. The summed E-state index contributed by atoms with van der Waals surface area (Å²) in [5.41, 5.74) is 0. The van der Waals surface area contributed by atoms with Crippen LogP contribution in [0.5, 0.6) is 0 Å². The lowest BCUT2D eigenvalue weighted by Crippen LogP contribution is -2.47. The first-order valence-electron chi connectivity index (χ1n) is 7.58. The molecule has 112 valence electrons. The van der Waals surface area contributed by atoms with E-state index in [1.807, 2.05) is 6.92 Å². The number of likely N-dealkylation sites (tertiary alicyclic amines) is 1. The minimum Gasteiger partial charge on any atom is -0.393 e. The van der Waals surface area contributed by atoms with Gasteiger partial charge in [-0.2, -0.15) is 0 Å². The Morgan fingerprint density at radius 3 is 2.63 bits per heavy atom. The third-order valence-electron chi connectivity index (χ3n) is 3.90. The van der Waals surface area contributed by atoms with Crippen LogP contribution in [0.25, 0.3) is 0 Å². The van der Waals surface area contributed by atoms with Gasteiger partial charge in [-0.05, 0) is 38.0 Å². The number of amides is 1. The zero-order valence-electron chi connectivity index (χ0n) is 12.9. The van der Waals surface area contributed by atoms with Crippen molar-refractivity contribution in [3.05, 3.63) is 0 Å². The molecule has 0 spiro atoms. The quantitative estimate of drug-likeness (QED) is 0.771. The van der Waals surface area contributed by atoms with Crippen molar-refractivity contribution in [1.29, 1.82) is 0 Å². The maximum absolute atomic E-state index is 11.9. The molecule has 0 radical (unpaired) electrons. The third-order valence-corrected chi connectivity index (χ3v) is 3.90. The Hall–Kier alpha value is -0.610. The highest BCUT2D eigenvalue weighted by Gasteiger charge is 2.25. The van der Waals surface area contributed by atoms with Gasteiger partial charge in [0.15, 0.2) is 0 Å². The smallest absolute Gasteiger partial charge is 0.234 e. The lowest BCUT2D eigenvalue weighted by molar-refractivity contribution is -0.123. The second-order valence-electron chi connectivity index (χ2n) is 6.51. The zero-order chi connectivity index (χ0) is 14.4. The maximum atomic E-state index is 11.9. The van der Waals surface area contributed by atoms with Gasteiger partial charge in [-0.15, -0.1) is 0 Å². The predicted octanol–water partition coefficient (Wildman–Crippen LogP) is 1.63. The number of aliphatic hydroxyl groups is 1. The topological polar surface area (TPSA) is 52.6 Å². The summed E-state index contributed by atoms with van der Waals surface area (Å²) in [5, 5.41) is 12.7. The fourth-order valence-electron chi connectivity index (χ4n) is 2.54. The van der Waals surface area contributed by atoms with Crippen molar-refractivity contribution in [1.82, 2.24) is 10.2 Å². The molecule has 1 aliphatic rings. The molecule has 0 aromatic heterocycles. The molecule has 4 nitrogen and oxygen atoms in total. The van der Waals surface area contributed by atoms with E-state index in [0.29, 0.717) is 12.5 Å². The third kappa shape index (κ3) is 6.39. The predicted molar refractivity (Wildman–Crippen MR) is 77.9 cm³/mol. The average Bonchev–Trinajstić information content (AvgIpc) is 2.31. The summed E-state index contributed by atoms with van der Waals surface area (Å²) in [5.74, 6) is 1.06. The molecule has 1 rings (SSSR count). The molecule has 19 heavy (non-hydrogen) atoms. The Balaban J connectivity index is 2.23. The molecule has 0 aliphatic carbocycles. The van der Waals surface area contributed by atoms with Crippen LogP contribution in [0.1, 0.15) is 47.0 Å². The van der Waals surface area contributed by atoms with Crippen LogP contribution in [0.4, 0.5) is 0 Å². The minimum atomic E-state index is -0.204. The Morgan fingerprint density at radius 2 is 2.05 bits per heavy atom. The van der Waals surface area contributed by atoms with E-state index in [9.17, 15) is 9.90 Å². The number of carbonyl (C=O) groups excluding carboxylic acids is 1. The number of nitrogens with zero attached hydrogens (tertiary/aromatic N) is 1. The van der Waals surface area contributed by atoms with E-state index in [2.05, 4.69) is 31.0 Å². The number of rotatable bonds is 6. The SMILES string of the molecule is CC(C)CCC(C)NC(=O)CN1CCC(O)C(C)C1. The molecule has 3 atom stereocenters. The van der Waals surface area contributed by atoms with Gasteiger partial charge in [0, 0.05) is 19.1 Å². The molecule has 3 unspecified atom stereocenters. The number of piperidine rings is 1. The average molecular weight is 270 g/mol. The first-order valence-corrected chi connectivity index (χ1v) is 7.58. The summed E-state index contributed by atoms with van der Waals surface area (Å²) in [4.78, 5) is 14.1. The van der Waals surface area contributed by atoms with Crippen LogP contribution in [0.2, 0.25) is 0 Å². The first kappa shape index (κ1) is 16.4. The molecule has 1 saturated heterocycles. The van der Waals surface area contributed by atoms with Crippen molar-refractivity contribution in [2.24, 2.45) is 11.8 Å². The van der Waals surface area contributed by atoms with Crippen molar-refractivity contribution in [3.63, 3.8) is 0 Å². The van der Waals surface area contributed by atoms with Gasteiger partial charge in [0.2, 0.25) is 5.91 Å². The van der Waals surface area contributed by atoms with E-state index in [1.165, 1.54) is 0 Å². The number of hydrogen-bond acceptors (Lipinski definition) is 3. The number of nitrogens with one attached hydrogen (secondary N) is 1. The van der Waals surface area contributed by atoms with Crippen LogP contribution in [-0.2, 0) is 4.79 Å².